The first-order chi connectivity index (χ1) is 12.1. The SMILES string of the molecule is CC1CCCN(C(C)CNc2ncccc2C(=O)N2CCCCC2)C1. The van der Waals surface area contributed by atoms with Gasteiger partial charge in [-0.05, 0) is 63.6 Å². The predicted octanol–water partition coefficient (Wildman–Crippen LogP) is 3.24. The van der Waals surface area contributed by atoms with Gasteiger partial charge in [-0.25, -0.2) is 4.98 Å². The third-order valence-electron chi connectivity index (χ3n) is 5.56. The molecule has 1 aromatic rings. The quantitative estimate of drug-likeness (QED) is 0.891. The predicted molar refractivity (Wildman–Crippen MR) is 102 cm³/mol. The van der Waals surface area contributed by atoms with Crippen LogP contribution < -0.4 is 5.32 Å². The van der Waals surface area contributed by atoms with Gasteiger partial charge in [0.25, 0.3) is 5.91 Å². The highest BCUT2D eigenvalue weighted by molar-refractivity contribution is 5.98. The fourth-order valence-electron chi connectivity index (χ4n) is 3.99. The van der Waals surface area contributed by atoms with Crippen LogP contribution in [0.15, 0.2) is 18.3 Å². The number of aromatic nitrogens is 1. The average Bonchev–Trinajstić information content (AvgIpc) is 2.66. The molecule has 0 spiro atoms. The van der Waals surface area contributed by atoms with Crippen molar-refractivity contribution >= 4 is 11.7 Å². The Kier molecular flexibility index (Phi) is 6.29. The van der Waals surface area contributed by atoms with Crippen molar-refractivity contribution < 1.29 is 4.79 Å². The minimum atomic E-state index is 0.120. The molecule has 0 aromatic carbocycles. The second kappa shape index (κ2) is 8.65. The van der Waals surface area contributed by atoms with E-state index in [4.69, 9.17) is 0 Å². The first-order valence-corrected chi connectivity index (χ1v) is 9.87. The fraction of sp³-hybridized carbons (Fsp3) is 0.700. The summed E-state index contributed by atoms with van der Waals surface area (Å²) < 4.78 is 0. The Morgan fingerprint density at radius 2 is 2.08 bits per heavy atom. The van der Waals surface area contributed by atoms with E-state index in [2.05, 4.69) is 29.0 Å². The summed E-state index contributed by atoms with van der Waals surface area (Å²) in [7, 11) is 0. The van der Waals surface area contributed by atoms with Crippen molar-refractivity contribution in [3.63, 3.8) is 0 Å². The molecule has 1 N–H and O–H groups in total. The van der Waals surface area contributed by atoms with Gasteiger partial charge in [0.1, 0.15) is 5.82 Å². The van der Waals surface area contributed by atoms with Crippen LogP contribution in [-0.2, 0) is 0 Å². The van der Waals surface area contributed by atoms with Crippen molar-refractivity contribution in [2.45, 2.75) is 52.0 Å². The second-order valence-corrected chi connectivity index (χ2v) is 7.72. The largest absolute Gasteiger partial charge is 0.368 e. The first kappa shape index (κ1) is 18.2. The van der Waals surface area contributed by atoms with E-state index in [1.54, 1.807) is 6.20 Å². The van der Waals surface area contributed by atoms with Crippen LogP contribution in [0.2, 0.25) is 0 Å². The average molecular weight is 345 g/mol. The zero-order valence-corrected chi connectivity index (χ0v) is 15.7. The van der Waals surface area contributed by atoms with Crippen LogP contribution in [0.1, 0.15) is 56.3 Å². The van der Waals surface area contributed by atoms with Gasteiger partial charge in [0, 0.05) is 38.4 Å². The number of piperidine rings is 2. The molecule has 0 saturated carbocycles. The Morgan fingerprint density at radius 1 is 1.28 bits per heavy atom. The summed E-state index contributed by atoms with van der Waals surface area (Å²) in [6, 6.07) is 4.21. The molecule has 1 aromatic heterocycles. The van der Waals surface area contributed by atoms with E-state index in [-0.39, 0.29) is 5.91 Å². The van der Waals surface area contributed by atoms with Gasteiger partial charge < -0.3 is 10.2 Å². The number of carbonyl (C=O) groups is 1. The van der Waals surface area contributed by atoms with Crippen molar-refractivity contribution in [1.29, 1.82) is 0 Å². The lowest BCUT2D eigenvalue weighted by atomic mass is 9.99. The van der Waals surface area contributed by atoms with Crippen molar-refractivity contribution in [2.75, 3.05) is 38.0 Å². The molecule has 3 heterocycles. The number of hydrogen-bond donors (Lipinski definition) is 1. The highest BCUT2D eigenvalue weighted by Crippen LogP contribution is 2.20. The van der Waals surface area contributed by atoms with Gasteiger partial charge in [-0.15, -0.1) is 0 Å². The van der Waals surface area contributed by atoms with E-state index >= 15 is 0 Å². The maximum Gasteiger partial charge on any atom is 0.257 e. The lowest BCUT2D eigenvalue weighted by molar-refractivity contribution is 0.0725. The maximum atomic E-state index is 12.8. The summed E-state index contributed by atoms with van der Waals surface area (Å²) in [6.45, 7) is 9.51. The van der Waals surface area contributed by atoms with Crippen LogP contribution in [0, 0.1) is 5.92 Å². The van der Waals surface area contributed by atoms with Crippen LogP contribution in [-0.4, -0.2) is 59.5 Å². The molecule has 138 valence electrons. The molecule has 1 amide bonds. The summed E-state index contributed by atoms with van der Waals surface area (Å²) in [4.78, 5) is 21.8. The monoisotopic (exact) mass is 344 g/mol. The van der Waals surface area contributed by atoms with Crippen molar-refractivity contribution in [3.8, 4) is 0 Å². The number of anilines is 1. The minimum absolute atomic E-state index is 0.120. The second-order valence-electron chi connectivity index (χ2n) is 7.72. The number of nitrogens with one attached hydrogen (secondary N) is 1. The smallest absolute Gasteiger partial charge is 0.257 e. The summed E-state index contributed by atoms with van der Waals surface area (Å²) in [5, 5.41) is 3.44. The number of amides is 1. The van der Waals surface area contributed by atoms with Crippen LogP contribution in [0.3, 0.4) is 0 Å². The molecule has 2 aliphatic heterocycles. The Labute approximate surface area is 151 Å². The molecule has 2 aliphatic rings. The molecule has 2 fully saturated rings. The van der Waals surface area contributed by atoms with Gasteiger partial charge in [-0.2, -0.15) is 0 Å². The number of rotatable bonds is 5. The minimum Gasteiger partial charge on any atom is -0.368 e. The zero-order chi connectivity index (χ0) is 17.6. The molecular formula is C20H32N4O. The molecule has 3 rings (SSSR count). The molecule has 5 heteroatoms. The number of carbonyl (C=O) groups excluding carboxylic acids is 1. The van der Waals surface area contributed by atoms with E-state index in [1.165, 1.54) is 32.4 Å². The Hall–Kier alpha value is -1.62. The number of pyridine rings is 1. The van der Waals surface area contributed by atoms with Gasteiger partial charge in [0.2, 0.25) is 0 Å². The first-order valence-electron chi connectivity index (χ1n) is 9.87. The Balaban J connectivity index is 1.61. The Bertz CT molecular complexity index is 571. The van der Waals surface area contributed by atoms with Gasteiger partial charge in [-0.1, -0.05) is 6.92 Å². The van der Waals surface area contributed by atoms with E-state index < -0.39 is 0 Å². The lowest BCUT2D eigenvalue weighted by Gasteiger charge is -2.35. The highest BCUT2D eigenvalue weighted by atomic mass is 16.2. The molecule has 25 heavy (non-hydrogen) atoms. The maximum absolute atomic E-state index is 12.8. The van der Waals surface area contributed by atoms with Crippen LogP contribution in [0.4, 0.5) is 5.82 Å². The van der Waals surface area contributed by atoms with Crippen molar-refractivity contribution in [3.05, 3.63) is 23.9 Å². The van der Waals surface area contributed by atoms with Crippen LogP contribution in [0.25, 0.3) is 0 Å². The third-order valence-corrected chi connectivity index (χ3v) is 5.56. The standard InChI is InChI=1S/C20H32N4O/c1-16-8-7-13-24(15-16)17(2)14-22-19-18(9-6-10-21-19)20(25)23-11-4-3-5-12-23/h6,9-10,16-17H,3-5,7-8,11-15H2,1-2H3,(H,21,22). The molecule has 5 nitrogen and oxygen atoms in total. The molecule has 2 unspecified atom stereocenters. The van der Waals surface area contributed by atoms with Crippen LogP contribution >= 0.6 is 0 Å². The molecule has 0 radical (unpaired) electrons. The van der Waals surface area contributed by atoms with Crippen molar-refractivity contribution in [1.82, 2.24) is 14.8 Å². The van der Waals surface area contributed by atoms with Crippen LogP contribution in [0.5, 0.6) is 0 Å². The Morgan fingerprint density at radius 3 is 2.84 bits per heavy atom. The van der Waals surface area contributed by atoms with E-state index in [1.807, 2.05) is 17.0 Å². The van der Waals surface area contributed by atoms with Gasteiger partial charge in [0.05, 0.1) is 5.56 Å². The van der Waals surface area contributed by atoms with E-state index in [9.17, 15) is 4.79 Å². The number of likely N-dealkylation sites (tertiary alicyclic amines) is 2. The lowest BCUT2D eigenvalue weighted by Crippen LogP contribution is -2.44. The van der Waals surface area contributed by atoms with E-state index in [0.717, 1.165) is 44.2 Å². The normalized spacial score (nSPS) is 23.3. The third kappa shape index (κ3) is 4.72. The van der Waals surface area contributed by atoms with Gasteiger partial charge in [0.15, 0.2) is 0 Å². The number of nitrogens with zero attached hydrogens (tertiary/aromatic N) is 3. The van der Waals surface area contributed by atoms with Gasteiger partial charge >= 0.3 is 0 Å². The summed E-state index contributed by atoms with van der Waals surface area (Å²) in [5.74, 6) is 1.63. The van der Waals surface area contributed by atoms with Crippen molar-refractivity contribution in [2.24, 2.45) is 5.92 Å². The summed E-state index contributed by atoms with van der Waals surface area (Å²) in [5.41, 5.74) is 0.712. The fourth-order valence-corrected chi connectivity index (χ4v) is 3.99. The topological polar surface area (TPSA) is 48.5 Å². The zero-order valence-electron chi connectivity index (χ0n) is 15.7. The molecular weight excluding hydrogens is 312 g/mol. The molecule has 0 aliphatic carbocycles. The summed E-state index contributed by atoms with van der Waals surface area (Å²) in [6.07, 6.45) is 7.84. The number of hydrogen-bond acceptors (Lipinski definition) is 4. The molecule has 2 saturated heterocycles. The molecule has 2 atom stereocenters. The highest BCUT2D eigenvalue weighted by Gasteiger charge is 2.23. The van der Waals surface area contributed by atoms with E-state index in [0.29, 0.717) is 11.6 Å². The molecule has 0 bridgehead atoms. The van der Waals surface area contributed by atoms with Gasteiger partial charge in [-0.3, -0.25) is 9.69 Å². The summed E-state index contributed by atoms with van der Waals surface area (Å²) >= 11 is 0.